The predicted molar refractivity (Wildman–Crippen MR) is 49.9 cm³/mol. The van der Waals surface area contributed by atoms with Gasteiger partial charge in [-0.2, -0.15) is 0 Å². The Kier molecular flexibility index (Phi) is 3.98. The van der Waals surface area contributed by atoms with Crippen molar-refractivity contribution in [2.24, 2.45) is 11.7 Å². The molecule has 3 N–H and O–H groups in total. The van der Waals surface area contributed by atoms with Crippen molar-refractivity contribution in [1.82, 2.24) is 4.90 Å². The van der Waals surface area contributed by atoms with Crippen LogP contribution in [0.15, 0.2) is 0 Å². The SMILES string of the molecule is CCN1CCC(C(O)CN)CC1. The lowest BCUT2D eigenvalue weighted by Crippen LogP contribution is -2.39. The molecule has 0 aromatic rings. The zero-order valence-corrected chi connectivity index (χ0v) is 7.87. The zero-order chi connectivity index (χ0) is 8.97. The highest BCUT2D eigenvalue weighted by molar-refractivity contribution is 4.77. The van der Waals surface area contributed by atoms with Gasteiger partial charge >= 0.3 is 0 Å². The Morgan fingerprint density at radius 3 is 2.50 bits per heavy atom. The van der Waals surface area contributed by atoms with Gasteiger partial charge in [0.25, 0.3) is 0 Å². The topological polar surface area (TPSA) is 49.5 Å². The maximum Gasteiger partial charge on any atom is 0.0691 e. The van der Waals surface area contributed by atoms with Gasteiger partial charge in [0.15, 0.2) is 0 Å². The van der Waals surface area contributed by atoms with Crippen molar-refractivity contribution >= 4 is 0 Å². The quantitative estimate of drug-likeness (QED) is 0.632. The first kappa shape index (κ1) is 9.96. The Bertz CT molecular complexity index is 122. The minimum Gasteiger partial charge on any atom is -0.392 e. The summed E-state index contributed by atoms with van der Waals surface area (Å²) >= 11 is 0. The number of aliphatic hydroxyl groups excluding tert-OH is 1. The van der Waals surface area contributed by atoms with Crippen molar-refractivity contribution in [3.63, 3.8) is 0 Å². The van der Waals surface area contributed by atoms with Gasteiger partial charge < -0.3 is 15.7 Å². The molecule has 0 aliphatic carbocycles. The van der Waals surface area contributed by atoms with Gasteiger partial charge in [-0.15, -0.1) is 0 Å². The van der Waals surface area contributed by atoms with Gasteiger partial charge in [-0.3, -0.25) is 0 Å². The minimum atomic E-state index is -0.274. The van der Waals surface area contributed by atoms with Gasteiger partial charge in [-0.1, -0.05) is 6.92 Å². The van der Waals surface area contributed by atoms with Crippen LogP contribution in [-0.2, 0) is 0 Å². The van der Waals surface area contributed by atoms with E-state index in [1.54, 1.807) is 0 Å². The molecule has 0 amide bonds. The molecule has 12 heavy (non-hydrogen) atoms. The second-order valence-electron chi connectivity index (χ2n) is 3.57. The van der Waals surface area contributed by atoms with Crippen LogP contribution in [0.1, 0.15) is 19.8 Å². The van der Waals surface area contributed by atoms with Crippen molar-refractivity contribution in [2.75, 3.05) is 26.2 Å². The van der Waals surface area contributed by atoms with Crippen LogP contribution in [-0.4, -0.2) is 42.3 Å². The molecule has 72 valence electrons. The summed E-state index contributed by atoms with van der Waals surface area (Å²) in [6.45, 7) is 5.97. The number of rotatable bonds is 3. The molecule has 0 radical (unpaired) electrons. The van der Waals surface area contributed by atoms with Crippen LogP contribution in [0.25, 0.3) is 0 Å². The summed E-state index contributed by atoms with van der Waals surface area (Å²) in [5.41, 5.74) is 5.41. The second kappa shape index (κ2) is 4.80. The fourth-order valence-corrected chi connectivity index (χ4v) is 1.85. The average Bonchev–Trinajstić information content (AvgIpc) is 2.17. The van der Waals surface area contributed by atoms with Gasteiger partial charge in [0.1, 0.15) is 0 Å². The normalized spacial score (nSPS) is 24.2. The molecule has 1 saturated heterocycles. The highest BCUT2D eigenvalue weighted by Crippen LogP contribution is 2.19. The van der Waals surface area contributed by atoms with Gasteiger partial charge in [0.2, 0.25) is 0 Å². The lowest BCUT2D eigenvalue weighted by molar-refractivity contribution is 0.0668. The third-order valence-electron chi connectivity index (χ3n) is 2.87. The zero-order valence-electron chi connectivity index (χ0n) is 7.87. The highest BCUT2D eigenvalue weighted by atomic mass is 16.3. The van der Waals surface area contributed by atoms with Gasteiger partial charge in [-0.05, 0) is 38.4 Å². The molecule has 1 atom stereocenters. The largest absolute Gasteiger partial charge is 0.392 e. The number of nitrogens with two attached hydrogens (primary N) is 1. The van der Waals surface area contributed by atoms with E-state index < -0.39 is 0 Å². The summed E-state index contributed by atoms with van der Waals surface area (Å²) in [6.07, 6.45) is 1.93. The third-order valence-corrected chi connectivity index (χ3v) is 2.87. The lowest BCUT2D eigenvalue weighted by Gasteiger charge is -2.33. The van der Waals surface area contributed by atoms with Crippen LogP contribution >= 0.6 is 0 Å². The highest BCUT2D eigenvalue weighted by Gasteiger charge is 2.23. The molecule has 1 unspecified atom stereocenters. The van der Waals surface area contributed by atoms with E-state index >= 15 is 0 Å². The van der Waals surface area contributed by atoms with Crippen molar-refractivity contribution in [1.29, 1.82) is 0 Å². The van der Waals surface area contributed by atoms with E-state index in [0.717, 1.165) is 32.5 Å². The van der Waals surface area contributed by atoms with Crippen molar-refractivity contribution in [2.45, 2.75) is 25.9 Å². The first-order valence-corrected chi connectivity index (χ1v) is 4.88. The van der Waals surface area contributed by atoms with Gasteiger partial charge in [0.05, 0.1) is 6.10 Å². The van der Waals surface area contributed by atoms with Crippen LogP contribution in [0.5, 0.6) is 0 Å². The first-order valence-electron chi connectivity index (χ1n) is 4.88. The number of piperidine rings is 1. The molecular formula is C9H20N2O. The standard InChI is InChI=1S/C9H20N2O/c1-2-11-5-3-8(4-6-11)9(12)7-10/h8-9,12H,2-7,10H2,1H3. The van der Waals surface area contributed by atoms with Crippen LogP contribution in [0, 0.1) is 5.92 Å². The van der Waals surface area contributed by atoms with Crippen LogP contribution in [0.2, 0.25) is 0 Å². The fraction of sp³-hybridized carbons (Fsp3) is 1.00. The summed E-state index contributed by atoms with van der Waals surface area (Å²) in [6, 6.07) is 0. The summed E-state index contributed by atoms with van der Waals surface area (Å²) in [7, 11) is 0. The van der Waals surface area contributed by atoms with Crippen LogP contribution in [0.3, 0.4) is 0 Å². The molecule has 1 aliphatic heterocycles. The van der Waals surface area contributed by atoms with E-state index in [1.165, 1.54) is 0 Å². The van der Waals surface area contributed by atoms with E-state index in [4.69, 9.17) is 5.73 Å². The van der Waals surface area contributed by atoms with E-state index in [2.05, 4.69) is 11.8 Å². The van der Waals surface area contributed by atoms with Crippen LogP contribution in [0.4, 0.5) is 0 Å². The number of nitrogens with zero attached hydrogens (tertiary/aromatic N) is 1. The molecule has 1 fully saturated rings. The Balaban J connectivity index is 2.25. The minimum absolute atomic E-state index is 0.274. The van der Waals surface area contributed by atoms with E-state index in [-0.39, 0.29) is 6.10 Å². The number of hydrogen-bond acceptors (Lipinski definition) is 3. The summed E-state index contributed by atoms with van der Waals surface area (Å²) < 4.78 is 0. The second-order valence-corrected chi connectivity index (χ2v) is 3.57. The molecule has 3 nitrogen and oxygen atoms in total. The predicted octanol–water partition coefficient (Wildman–Crippen LogP) is 0.0379. The molecule has 0 aromatic heterocycles. The summed E-state index contributed by atoms with van der Waals surface area (Å²) in [5, 5.41) is 9.50. The first-order chi connectivity index (χ1) is 5.77. The molecule has 1 aliphatic rings. The maximum absolute atomic E-state index is 9.50. The van der Waals surface area contributed by atoms with Crippen molar-refractivity contribution < 1.29 is 5.11 Å². The van der Waals surface area contributed by atoms with Gasteiger partial charge in [-0.25, -0.2) is 0 Å². The Morgan fingerprint density at radius 1 is 1.50 bits per heavy atom. The fourth-order valence-electron chi connectivity index (χ4n) is 1.85. The monoisotopic (exact) mass is 172 g/mol. The van der Waals surface area contributed by atoms with Gasteiger partial charge in [0, 0.05) is 6.54 Å². The molecule has 1 heterocycles. The number of aliphatic hydroxyl groups is 1. The molecule has 1 rings (SSSR count). The molecule has 0 aromatic carbocycles. The lowest BCUT2D eigenvalue weighted by atomic mass is 9.91. The molecule has 0 spiro atoms. The summed E-state index contributed by atoms with van der Waals surface area (Å²) in [4.78, 5) is 2.42. The van der Waals surface area contributed by atoms with E-state index in [9.17, 15) is 5.11 Å². The van der Waals surface area contributed by atoms with Crippen molar-refractivity contribution in [3.05, 3.63) is 0 Å². The number of likely N-dealkylation sites (tertiary alicyclic amines) is 1. The molecular weight excluding hydrogens is 152 g/mol. The number of hydrogen-bond donors (Lipinski definition) is 2. The molecule has 0 bridgehead atoms. The molecule has 3 heteroatoms. The Morgan fingerprint density at radius 2 is 2.08 bits per heavy atom. The summed E-state index contributed by atoms with van der Waals surface area (Å²) in [5.74, 6) is 0.442. The van der Waals surface area contributed by atoms with E-state index in [1.807, 2.05) is 0 Å². The Hall–Kier alpha value is -0.120. The average molecular weight is 172 g/mol. The Labute approximate surface area is 74.5 Å². The third kappa shape index (κ3) is 2.44. The van der Waals surface area contributed by atoms with Crippen molar-refractivity contribution in [3.8, 4) is 0 Å². The molecule has 0 saturated carbocycles. The smallest absolute Gasteiger partial charge is 0.0691 e. The maximum atomic E-state index is 9.50. The van der Waals surface area contributed by atoms with Crippen LogP contribution < -0.4 is 5.73 Å². The van der Waals surface area contributed by atoms with E-state index in [0.29, 0.717) is 12.5 Å².